The third-order valence-electron chi connectivity index (χ3n) is 2.96. The van der Waals surface area contributed by atoms with Crippen molar-refractivity contribution in [1.29, 1.82) is 5.26 Å². The first kappa shape index (κ1) is 14.0. The highest BCUT2D eigenvalue weighted by atomic mass is 19.1. The summed E-state index contributed by atoms with van der Waals surface area (Å²) in [4.78, 5) is 0. The van der Waals surface area contributed by atoms with Crippen LogP contribution in [0.2, 0.25) is 0 Å². The number of hydrogen-bond donors (Lipinski definition) is 1. The number of halogens is 1. The molecule has 0 amide bonds. The fourth-order valence-electron chi connectivity index (χ4n) is 1.93. The Morgan fingerprint density at radius 3 is 2.80 bits per heavy atom. The van der Waals surface area contributed by atoms with Crippen LogP contribution in [0.1, 0.15) is 22.8 Å². The number of hydrogen-bond acceptors (Lipinski definition) is 3. The van der Waals surface area contributed by atoms with E-state index >= 15 is 0 Å². The van der Waals surface area contributed by atoms with E-state index in [0.717, 1.165) is 0 Å². The van der Waals surface area contributed by atoms with Crippen LogP contribution in [0.5, 0.6) is 5.75 Å². The summed E-state index contributed by atoms with van der Waals surface area (Å²) in [5, 5.41) is 18.9. The number of aliphatic hydroxyl groups excluding tert-OH is 1. The van der Waals surface area contributed by atoms with Crippen LogP contribution in [-0.2, 0) is 0 Å². The molecule has 0 aliphatic heterocycles. The van der Waals surface area contributed by atoms with Crippen molar-refractivity contribution >= 4 is 0 Å². The average molecular weight is 271 g/mol. The topological polar surface area (TPSA) is 53.2 Å². The predicted octanol–water partition coefficient (Wildman–Crippen LogP) is 3.12. The molecule has 2 aromatic rings. The predicted molar refractivity (Wildman–Crippen MR) is 72.7 cm³/mol. The third-order valence-corrected chi connectivity index (χ3v) is 2.96. The highest BCUT2D eigenvalue weighted by Gasteiger charge is 2.12. The van der Waals surface area contributed by atoms with Gasteiger partial charge in [-0.1, -0.05) is 12.1 Å². The second kappa shape index (κ2) is 6.18. The molecule has 0 aliphatic rings. The van der Waals surface area contributed by atoms with Crippen LogP contribution in [0.4, 0.5) is 4.39 Å². The van der Waals surface area contributed by atoms with Gasteiger partial charge in [0.2, 0.25) is 0 Å². The number of nitrogens with zero attached hydrogens (tertiary/aromatic N) is 1. The molecule has 0 aromatic heterocycles. The van der Waals surface area contributed by atoms with Crippen LogP contribution < -0.4 is 4.74 Å². The lowest BCUT2D eigenvalue weighted by molar-refractivity contribution is 0.107. The normalized spacial score (nSPS) is 11.7. The standard InChI is InChI=1S/C16H14FNO2/c1-11-7-13(17)5-6-15(11)16(19)10-20-14-4-2-3-12(8-14)9-18/h2-8,16,19H,10H2,1H3. The molecule has 0 aliphatic carbocycles. The van der Waals surface area contributed by atoms with Gasteiger partial charge in [0, 0.05) is 0 Å². The van der Waals surface area contributed by atoms with Gasteiger partial charge in [0.1, 0.15) is 24.3 Å². The van der Waals surface area contributed by atoms with Gasteiger partial charge in [-0.15, -0.1) is 0 Å². The molecule has 0 bridgehead atoms. The summed E-state index contributed by atoms with van der Waals surface area (Å²) in [7, 11) is 0. The molecule has 1 unspecified atom stereocenters. The van der Waals surface area contributed by atoms with Crippen molar-refractivity contribution < 1.29 is 14.2 Å². The van der Waals surface area contributed by atoms with Gasteiger partial charge in [-0.2, -0.15) is 5.26 Å². The Morgan fingerprint density at radius 1 is 1.30 bits per heavy atom. The van der Waals surface area contributed by atoms with Crippen molar-refractivity contribution in [3.8, 4) is 11.8 Å². The minimum atomic E-state index is -0.846. The van der Waals surface area contributed by atoms with Crippen molar-refractivity contribution in [1.82, 2.24) is 0 Å². The molecule has 2 rings (SSSR count). The fourth-order valence-corrected chi connectivity index (χ4v) is 1.93. The second-order valence-electron chi connectivity index (χ2n) is 4.47. The van der Waals surface area contributed by atoms with Gasteiger partial charge in [-0.05, 0) is 48.4 Å². The maximum absolute atomic E-state index is 13.0. The number of nitriles is 1. The Kier molecular flexibility index (Phi) is 4.34. The average Bonchev–Trinajstić information content (AvgIpc) is 2.45. The monoisotopic (exact) mass is 271 g/mol. The third kappa shape index (κ3) is 3.34. The van der Waals surface area contributed by atoms with E-state index in [1.807, 2.05) is 6.07 Å². The smallest absolute Gasteiger partial charge is 0.123 e. The highest BCUT2D eigenvalue weighted by molar-refractivity contribution is 5.36. The Hall–Kier alpha value is -2.38. The molecule has 1 atom stereocenters. The lowest BCUT2D eigenvalue weighted by atomic mass is 10.0. The summed E-state index contributed by atoms with van der Waals surface area (Å²) in [5.74, 6) is 0.184. The summed E-state index contributed by atoms with van der Waals surface area (Å²) < 4.78 is 18.5. The van der Waals surface area contributed by atoms with Crippen LogP contribution in [0.15, 0.2) is 42.5 Å². The summed E-state index contributed by atoms with van der Waals surface area (Å²) >= 11 is 0. The SMILES string of the molecule is Cc1cc(F)ccc1C(O)COc1cccc(C#N)c1. The molecular weight excluding hydrogens is 257 g/mol. The molecule has 3 nitrogen and oxygen atoms in total. The molecule has 0 saturated heterocycles. The zero-order valence-corrected chi connectivity index (χ0v) is 11.0. The molecule has 0 heterocycles. The lowest BCUT2D eigenvalue weighted by Crippen LogP contribution is -2.11. The summed E-state index contributed by atoms with van der Waals surface area (Å²) in [6.07, 6.45) is -0.846. The molecule has 0 spiro atoms. The van der Waals surface area contributed by atoms with Crippen molar-refractivity contribution in [2.75, 3.05) is 6.61 Å². The van der Waals surface area contributed by atoms with E-state index < -0.39 is 6.10 Å². The van der Waals surface area contributed by atoms with E-state index in [9.17, 15) is 9.50 Å². The molecule has 102 valence electrons. The van der Waals surface area contributed by atoms with Crippen LogP contribution >= 0.6 is 0 Å². The van der Waals surface area contributed by atoms with Gasteiger partial charge in [0.05, 0.1) is 11.6 Å². The first-order valence-electron chi connectivity index (χ1n) is 6.17. The number of rotatable bonds is 4. The van der Waals surface area contributed by atoms with E-state index in [0.29, 0.717) is 22.4 Å². The van der Waals surface area contributed by atoms with Gasteiger partial charge in [0.25, 0.3) is 0 Å². The van der Waals surface area contributed by atoms with Crippen LogP contribution in [-0.4, -0.2) is 11.7 Å². The van der Waals surface area contributed by atoms with E-state index in [2.05, 4.69) is 0 Å². The number of benzene rings is 2. The Morgan fingerprint density at radius 2 is 2.10 bits per heavy atom. The molecule has 0 saturated carbocycles. The van der Waals surface area contributed by atoms with Crippen LogP contribution in [0.25, 0.3) is 0 Å². The van der Waals surface area contributed by atoms with Crippen LogP contribution in [0, 0.1) is 24.1 Å². The van der Waals surface area contributed by atoms with E-state index in [4.69, 9.17) is 10.00 Å². The van der Waals surface area contributed by atoms with Gasteiger partial charge in [0.15, 0.2) is 0 Å². The van der Waals surface area contributed by atoms with Crippen molar-refractivity contribution in [2.24, 2.45) is 0 Å². The number of aryl methyl sites for hydroxylation is 1. The molecule has 0 radical (unpaired) electrons. The quantitative estimate of drug-likeness (QED) is 0.929. The van der Waals surface area contributed by atoms with E-state index in [1.54, 1.807) is 37.3 Å². The first-order valence-corrected chi connectivity index (χ1v) is 6.17. The van der Waals surface area contributed by atoms with Gasteiger partial charge < -0.3 is 9.84 Å². The van der Waals surface area contributed by atoms with Crippen molar-refractivity contribution in [2.45, 2.75) is 13.0 Å². The minimum absolute atomic E-state index is 0.0430. The maximum Gasteiger partial charge on any atom is 0.123 e. The zero-order chi connectivity index (χ0) is 14.5. The van der Waals surface area contributed by atoms with E-state index in [-0.39, 0.29) is 12.4 Å². The Balaban J connectivity index is 2.04. The van der Waals surface area contributed by atoms with Gasteiger partial charge >= 0.3 is 0 Å². The lowest BCUT2D eigenvalue weighted by Gasteiger charge is -2.15. The van der Waals surface area contributed by atoms with Gasteiger partial charge in [-0.3, -0.25) is 0 Å². The number of aliphatic hydroxyl groups is 1. The maximum atomic E-state index is 13.0. The Labute approximate surface area is 116 Å². The minimum Gasteiger partial charge on any atom is -0.490 e. The molecule has 20 heavy (non-hydrogen) atoms. The first-order chi connectivity index (χ1) is 9.60. The fraction of sp³-hybridized carbons (Fsp3) is 0.188. The van der Waals surface area contributed by atoms with Crippen molar-refractivity contribution in [3.05, 3.63) is 65.0 Å². The molecule has 0 fully saturated rings. The summed E-state index contributed by atoms with van der Waals surface area (Å²) in [5.41, 5.74) is 1.80. The molecule has 4 heteroatoms. The highest BCUT2D eigenvalue weighted by Crippen LogP contribution is 2.20. The largest absolute Gasteiger partial charge is 0.490 e. The molecular formula is C16H14FNO2. The Bertz CT molecular complexity index is 649. The summed E-state index contributed by atoms with van der Waals surface area (Å²) in [6, 6.07) is 12.9. The molecule has 1 N–H and O–H groups in total. The van der Waals surface area contributed by atoms with Crippen molar-refractivity contribution in [3.63, 3.8) is 0 Å². The van der Waals surface area contributed by atoms with Gasteiger partial charge in [-0.25, -0.2) is 4.39 Å². The van der Waals surface area contributed by atoms with Crippen LogP contribution in [0.3, 0.4) is 0 Å². The zero-order valence-electron chi connectivity index (χ0n) is 11.0. The molecule has 2 aromatic carbocycles. The second-order valence-corrected chi connectivity index (χ2v) is 4.47. The summed E-state index contributed by atoms with van der Waals surface area (Å²) in [6.45, 7) is 1.78. The number of ether oxygens (including phenoxy) is 1. The van der Waals surface area contributed by atoms with E-state index in [1.165, 1.54) is 12.1 Å².